The standard InChI is InChI=1S/C19H18FN3O3S/c1-3-25-16-10-13(20)8-9-15(16)22-19(24)14-6-4-5-7-17(14)27-11-18-21-12(2)23-26-18/h4-10H,3,11H2,1-2H3,(H,22,24). The molecular formula is C19H18FN3O3S. The Kier molecular flexibility index (Phi) is 6.08. The average molecular weight is 387 g/mol. The number of rotatable bonds is 7. The molecule has 0 unspecified atom stereocenters. The van der Waals surface area contributed by atoms with E-state index < -0.39 is 5.82 Å². The summed E-state index contributed by atoms with van der Waals surface area (Å²) in [6.45, 7) is 3.90. The van der Waals surface area contributed by atoms with Crippen LogP contribution in [-0.2, 0) is 5.75 Å². The van der Waals surface area contributed by atoms with Gasteiger partial charge in [0.05, 0.1) is 23.6 Å². The molecule has 27 heavy (non-hydrogen) atoms. The molecule has 1 N–H and O–H groups in total. The van der Waals surface area contributed by atoms with Crippen molar-refractivity contribution in [2.45, 2.75) is 24.5 Å². The molecule has 3 aromatic rings. The van der Waals surface area contributed by atoms with E-state index in [-0.39, 0.29) is 11.7 Å². The lowest BCUT2D eigenvalue weighted by molar-refractivity contribution is 0.102. The van der Waals surface area contributed by atoms with Crippen molar-refractivity contribution in [3.63, 3.8) is 0 Å². The third kappa shape index (κ3) is 4.85. The van der Waals surface area contributed by atoms with Gasteiger partial charge in [0, 0.05) is 11.0 Å². The van der Waals surface area contributed by atoms with Crippen LogP contribution in [0, 0.1) is 12.7 Å². The zero-order chi connectivity index (χ0) is 19.2. The number of nitrogens with zero attached hydrogens (tertiary/aromatic N) is 2. The molecular weight excluding hydrogens is 369 g/mol. The first-order valence-electron chi connectivity index (χ1n) is 8.31. The number of amides is 1. The van der Waals surface area contributed by atoms with Gasteiger partial charge in [-0.2, -0.15) is 4.98 Å². The number of carbonyl (C=O) groups excluding carboxylic acids is 1. The molecule has 0 radical (unpaired) electrons. The summed E-state index contributed by atoms with van der Waals surface area (Å²) in [6, 6.07) is 11.2. The van der Waals surface area contributed by atoms with Crippen molar-refractivity contribution in [2.24, 2.45) is 0 Å². The van der Waals surface area contributed by atoms with Gasteiger partial charge in [0.25, 0.3) is 5.91 Å². The zero-order valence-electron chi connectivity index (χ0n) is 14.9. The quantitative estimate of drug-likeness (QED) is 0.603. The molecule has 1 amide bonds. The summed E-state index contributed by atoms with van der Waals surface area (Å²) in [5.74, 6) is 1.06. The number of hydrogen-bond acceptors (Lipinski definition) is 6. The van der Waals surface area contributed by atoms with Gasteiger partial charge in [0.1, 0.15) is 11.6 Å². The third-order valence-electron chi connectivity index (χ3n) is 3.54. The van der Waals surface area contributed by atoms with Gasteiger partial charge in [-0.25, -0.2) is 4.39 Å². The first-order valence-corrected chi connectivity index (χ1v) is 9.30. The van der Waals surface area contributed by atoms with Crippen LogP contribution in [0.1, 0.15) is 29.0 Å². The van der Waals surface area contributed by atoms with Crippen LogP contribution in [-0.4, -0.2) is 22.7 Å². The fourth-order valence-corrected chi connectivity index (χ4v) is 3.27. The minimum atomic E-state index is -0.428. The molecule has 8 heteroatoms. The van der Waals surface area contributed by atoms with Gasteiger partial charge in [0.15, 0.2) is 5.82 Å². The number of aromatic nitrogens is 2. The maximum absolute atomic E-state index is 13.4. The van der Waals surface area contributed by atoms with Crippen LogP contribution in [0.3, 0.4) is 0 Å². The number of anilines is 1. The highest BCUT2D eigenvalue weighted by Crippen LogP contribution is 2.29. The molecule has 140 valence electrons. The van der Waals surface area contributed by atoms with Gasteiger partial charge >= 0.3 is 0 Å². The highest BCUT2D eigenvalue weighted by Gasteiger charge is 2.15. The van der Waals surface area contributed by atoms with Gasteiger partial charge in [-0.1, -0.05) is 17.3 Å². The van der Waals surface area contributed by atoms with Crippen LogP contribution >= 0.6 is 11.8 Å². The number of nitrogens with one attached hydrogen (secondary N) is 1. The average Bonchev–Trinajstić information content (AvgIpc) is 3.08. The Morgan fingerprint density at radius 2 is 2.11 bits per heavy atom. The Labute approximate surface area is 160 Å². The molecule has 0 saturated heterocycles. The van der Waals surface area contributed by atoms with Crippen molar-refractivity contribution in [2.75, 3.05) is 11.9 Å². The molecule has 0 aliphatic heterocycles. The summed E-state index contributed by atoms with van der Waals surface area (Å²) in [6.07, 6.45) is 0. The Bertz CT molecular complexity index is 945. The topological polar surface area (TPSA) is 77.2 Å². The van der Waals surface area contributed by atoms with Crippen molar-refractivity contribution in [3.05, 3.63) is 65.6 Å². The smallest absolute Gasteiger partial charge is 0.256 e. The van der Waals surface area contributed by atoms with Crippen molar-refractivity contribution in [1.29, 1.82) is 0 Å². The second-order valence-corrected chi connectivity index (χ2v) is 6.56. The van der Waals surface area contributed by atoms with E-state index in [2.05, 4.69) is 15.5 Å². The normalized spacial score (nSPS) is 10.6. The third-order valence-corrected chi connectivity index (χ3v) is 4.60. The summed E-state index contributed by atoms with van der Waals surface area (Å²) in [7, 11) is 0. The van der Waals surface area contributed by atoms with E-state index in [9.17, 15) is 9.18 Å². The summed E-state index contributed by atoms with van der Waals surface area (Å²) in [5.41, 5.74) is 0.904. The maximum Gasteiger partial charge on any atom is 0.256 e. The van der Waals surface area contributed by atoms with Crippen molar-refractivity contribution in [1.82, 2.24) is 10.1 Å². The van der Waals surface area contributed by atoms with E-state index in [0.29, 0.717) is 35.3 Å². The van der Waals surface area contributed by atoms with E-state index in [0.717, 1.165) is 4.90 Å². The Balaban J connectivity index is 1.77. The number of thioether (sulfide) groups is 1. The van der Waals surface area contributed by atoms with Gasteiger partial charge in [-0.05, 0) is 38.1 Å². The molecule has 6 nitrogen and oxygen atoms in total. The van der Waals surface area contributed by atoms with Crippen LogP contribution in [0.4, 0.5) is 10.1 Å². The number of carbonyl (C=O) groups is 1. The predicted octanol–water partition coefficient (Wildman–Crippen LogP) is 4.46. The fourth-order valence-electron chi connectivity index (χ4n) is 2.38. The van der Waals surface area contributed by atoms with Crippen molar-refractivity contribution < 1.29 is 18.4 Å². The van der Waals surface area contributed by atoms with E-state index in [1.165, 1.54) is 30.0 Å². The predicted molar refractivity (Wildman–Crippen MR) is 101 cm³/mol. The number of hydrogen-bond donors (Lipinski definition) is 1. The lowest BCUT2D eigenvalue weighted by atomic mass is 10.2. The van der Waals surface area contributed by atoms with Gasteiger partial charge in [0.2, 0.25) is 5.89 Å². The minimum absolute atomic E-state index is 0.289. The molecule has 0 fully saturated rings. The second kappa shape index (κ2) is 8.68. The van der Waals surface area contributed by atoms with Crippen molar-refractivity contribution >= 4 is 23.4 Å². The molecule has 1 aromatic heterocycles. The van der Waals surface area contributed by atoms with Crippen LogP contribution in [0.5, 0.6) is 5.75 Å². The number of aryl methyl sites for hydroxylation is 1. The highest BCUT2D eigenvalue weighted by atomic mass is 32.2. The van der Waals surface area contributed by atoms with Crippen LogP contribution in [0.15, 0.2) is 51.9 Å². The van der Waals surface area contributed by atoms with Crippen LogP contribution in [0.2, 0.25) is 0 Å². The monoisotopic (exact) mass is 387 g/mol. The van der Waals surface area contributed by atoms with Gasteiger partial charge in [-0.3, -0.25) is 4.79 Å². The SMILES string of the molecule is CCOc1cc(F)ccc1NC(=O)c1ccccc1SCc1nc(C)no1. The Morgan fingerprint density at radius 3 is 2.85 bits per heavy atom. The van der Waals surface area contributed by atoms with E-state index in [1.54, 1.807) is 26.0 Å². The first kappa shape index (κ1) is 18.9. The highest BCUT2D eigenvalue weighted by molar-refractivity contribution is 7.98. The maximum atomic E-state index is 13.4. The number of benzene rings is 2. The molecule has 3 rings (SSSR count). The molecule has 1 heterocycles. The number of halogens is 1. The van der Waals surface area contributed by atoms with E-state index >= 15 is 0 Å². The fraction of sp³-hybridized carbons (Fsp3) is 0.211. The van der Waals surface area contributed by atoms with Crippen molar-refractivity contribution in [3.8, 4) is 5.75 Å². The molecule has 0 atom stereocenters. The number of ether oxygens (including phenoxy) is 1. The molecule has 0 bridgehead atoms. The Morgan fingerprint density at radius 1 is 1.30 bits per heavy atom. The molecule has 0 aliphatic rings. The molecule has 0 aliphatic carbocycles. The summed E-state index contributed by atoms with van der Waals surface area (Å²) in [4.78, 5) is 17.7. The lowest BCUT2D eigenvalue weighted by Crippen LogP contribution is -2.14. The van der Waals surface area contributed by atoms with Crippen LogP contribution in [0.25, 0.3) is 0 Å². The summed E-state index contributed by atoms with van der Waals surface area (Å²) >= 11 is 1.42. The first-order chi connectivity index (χ1) is 13.1. The zero-order valence-corrected chi connectivity index (χ0v) is 15.7. The second-order valence-electron chi connectivity index (χ2n) is 5.55. The van der Waals surface area contributed by atoms with Crippen LogP contribution < -0.4 is 10.1 Å². The minimum Gasteiger partial charge on any atom is -0.492 e. The lowest BCUT2D eigenvalue weighted by Gasteiger charge is -2.13. The summed E-state index contributed by atoms with van der Waals surface area (Å²) < 4.78 is 23.9. The molecule has 0 spiro atoms. The molecule has 0 saturated carbocycles. The molecule has 2 aromatic carbocycles. The van der Waals surface area contributed by atoms with E-state index in [1.807, 2.05) is 12.1 Å². The van der Waals surface area contributed by atoms with Gasteiger partial charge in [-0.15, -0.1) is 11.8 Å². The Hall–Kier alpha value is -2.87. The van der Waals surface area contributed by atoms with E-state index in [4.69, 9.17) is 9.26 Å². The largest absolute Gasteiger partial charge is 0.492 e. The summed E-state index contributed by atoms with van der Waals surface area (Å²) in [5, 5.41) is 6.54. The van der Waals surface area contributed by atoms with Gasteiger partial charge < -0.3 is 14.6 Å².